The molecule has 0 aromatic carbocycles. The first-order valence-electron chi connectivity index (χ1n) is 4.99. The van der Waals surface area contributed by atoms with Crippen LogP contribution in [0.3, 0.4) is 0 Å². The van der Waals surface area contributed by atoms with Gasteiger partial charge in [0.05, 0.1) is 18.1 Å². The van der Waals surface area contributed by atoms with E-state index < -0.39 is 33.5 Å². The second kappa shape index (κ2) is 3.84. The summed E-state index contributed by atoms with van der Waals surface area (Å²) in [5, 5.41) is 0. The van der Waals surface area contributed by atoms with Gasteiger partial charge in [-0.1, -0.05) is 0 Å². The average molecular weight is 273 g/mol. The lowest BCUT2D eigenvalue weighted by Gasteiger charge is -2.18. The molecule has 1 amide bonds. The molecule has 0 aliphatic carbocycles. The highest BCUT2D eigenvalue weighted by atomic mass is 32.2. The maximum Gasteiger partial charge on any atom is 0.516 e. The monoisotopic (exact) mass is 273 g/mol. The Hall–Kier alpha value is -0.830. The predicted molar refractivity (Wildman–Crippen MR) is 49.1 cm³/mol. The maximum atomic E-state index is 12.0. The molecule has 0 spiro atoms. The van der Waals surface area contributed by atoms with Crippen LogP contribution in [0.5, 0.6) is 0 Å². The van der Waals surface area contributed by atoms with Gasteiger partial charge in [0.2, 0.25) is 5.91 Å². The van der Waals surface area contributed by atoms with Gasteiger partial charge in [0.25, 0.3) is 0 Å². The Bertz CT molecular complexity index is 433. The number of ether oxygens (including phenoxy) is 1. The molecule has 0 aromatic rings. The molecule has 5 nitrogen and oxygen atoms in total. The predicted octanol–water partition coefficient (Wildman–Crippen LogP) is 0.520. The Morgan fingerprint density at radius 1 is 1.29 bits per heavy atom. The van der Waals surface area contributed by atoms with Gasteiger partial charge in [-0.2, -0.15) is 21.6 Å². The van der Waals surface area contributed by atoms with E-state index in [0.29, 0.717) is 6.42 Å². The Morgan fingerprint density at radius 2 is 1.94 bits per heavy atom. The topological polar surface area (TPSA) is 72.5 Å². The molecule has 2 aliphatic rings. The van der Waals surface area contributed by atoms with Crippen molar-refractivity contribution in [1.29, 1.82) is 0 Å². The lowest BCUT2D eigenvalue weighted by molar-refractivity contribution is -0.125. The molecule has 2 aliphatic heterocycles. The maximum absolute atomic E-state index is 12.0. The summed E-state index contributed by atoms with van der Waals surface area (Å²) in [7, 11) is -5.61. The molecule has 2 heterocycles. The number of rotatable bonds is 2. The van der Waals surface area contributed by atoms with Crippen LogP contribution < -0.4 is 4.72 Å². The fraction of sp³-hybridized carbons (Fsp3) is 0.875. The molecule has 98 valence electrons. The summed E-state index contributed by atoms with van der Waals surface area (Å²) in [4.78, 5) is 11.4. The summed E-state index contributed by atoms with van der Waals surface area (Å²) < 4.78 is 63.9. The first-order chi connectivity index (χ1) is 7.71. The van der Waals surface area contributed by atoms with Crippen molar-refractivity contribution in [2.24, 2.45) is 5.92 Å². The molecule has 0 aromatic heterocycles. The molecule has 1 N–H and O–H groups in total. The molecule has 2 bridgehead atoms. The lowest BCUT2D eigenvalue weighted by atomic mass is 9.89. The van der Waals surface area contributed by atoms with Gasteiger partial charge in [0, 0.05) is 0 Å². The van der Waals surface area contributed by atoms with Crippen molar-refractivity contribution in [3.05, 3.63) is 0 Å². The summed E-state index contributed by atoms with van der Waals surface area (Å²) in [6.45, 7) is 0. The molecular weight excluding hydrogens is 263 g/mol. The van der Waals surface area contributed by atoms with E-state index in [1.807, 2.05) is 0 Å². The summed E-state index contributed by atoms with van der Waals surface area (Å²) in [5.41, 5.74) is -5.47. The lowest BCUT2D eigenvalue weighted by Crippen LogP contribution is -2.44. The number of carbonyl (C=O) groups excluding carboxylic acids is 1. The largest absolute Gasteiger partial charge is 0.516 e. The minimum absolute atomic E-state index is 0.135. The van der Waals surface area contributed by atoms with Gasteiger partial charge in [-0.05, 0) is 19.3 Å². The van der Waals surface area contributed by atoms with E-state index in [4.69, 9.17) is 4.74 Å². The molecule has 0 radical (unpaired) electrons. The Kier molecular flexibility index (Phi) is 2.85. The quantitative estimate of drug-likeness (QED) is 0.796. The van der Waals surface area contributed by atoms with Crippen molar-refractivity contribution in [2.75, 3.05) is 0 Å². The third-order valence-corrected chi connectivity index (χ3v) is 4.06. The van der Waals surface area contributed by atoms with E-state index in [2.05, 4.69) is 0 Å². The average Bonchev–Trinajstić information content (AvgIpc) is 2.75. The van der Waals surface area contributed by atoms with E-state index in [1.165, 1.54) is 0 Å². The molecule has 17 heavy (non-hydrogen) atoms. The van der Waals surface area contributed by atoms with Crippen molar-refractivity contribution in [2.45, 2.75) is 37.0 Å². The third-order valence-electron chi connectivity index (χ3n) is 2.98. The molecule has 3 atom stereocenters. The fourth-order valence-corrected chi connectivity index (χ4v) is 2.71. The highest BCUT2D eigenvalue weighted by Crippen LogP contribution is 2.39. The van der Waals surface area contributed by atoms with Crippen LogP contribution in [0.15, 0.2) is 0 Å². The van der Waals surface area contributed by atoms with Crippen LogP contribution in [-0.4, -0.2) is 32.0 Å². The van der Waals surface area contributed by atoms with Crippen molar-refractivity contribution in [1.82, 2.24) is 4.72 Å². The number of sulfonamides is 1. The van der Waals surface area contributed by atoms with Gasteiger partial charge in [-0.3, -0.25) is 4.79 Å². The number of nitrogens with one attached hydrogen (secondary N) is 1. The fourth-order valence-electron chi connectivity index (χ4n) is 2.18. The van der Waals surface area contributed by atoms with Crippen LogP contribution in [0, 0.1) is 5.92 Å². The number of hydrogen-bond acceptors (Lipinski definition) is 4. The number of halogens is 3. The van der Waals surface area contributed by atoms with Crippen LogP contribution in [0.25, 0.3) is 0 Å². The zero-order chi connectivity index (χ0) is 12.8. The molecule has 2 rings (SSSR count). The first-order valence-corrected chi connectivity index (χ1v) is 6.47. The summed E-state index contributed by atoms with van der Waals surface area (Å²) in [6, 6.07) is 0. The van der Waals surface area contributed by atoms with Crippen molar-refractivity contribution in [3.63, 3.8) is 0 Å². The van der Waals surface area contributed by atoms with Crippen molar-refractivity contribution >= 4 is 15.9 Å². The van der Waals surface area contributed by atoms with Crippen LogP contribution in [0.2, 0.25) is 0 Å². The van der Waals surface area contributed by atoms with Gasteiger partial charge < -0.3 is 4.74 Å². The van der Waals surface area contributed by atoms with Crippen LogP contribution >= 0.6 is 0 Å². The Morgan fingerprint density at radius 3 is 2.35 bits per heavy atom. The van der Waals surface area contributed by atoms with E-state index in [1.54, 1.807) is 0 Å². The van der Waals surface area contributed by atoms with E-state index >= 15 is 0 Å². The highest BCUT2D eigenvalue weighted by Gasteiger charge is 2.50. The third kappa shape index (κ3) is 2.25. The minimum Gasteiger partial charge on any atom is -0.374 e. The normalized spacial score (nSPS) is 32.8. The summed E-state index contributed by atoms with van der Waals surface area (Å²) in [6.07, 6.45) is 1.03. The number of fused-ring (bicyclic) bond motifs is 2. The molecular formula is C8H10F3NO4S. The zero-order valence-corrected chi connectivity index (χ0v) is 9.35. The van der Waals surface area contributed by atoms with Gasteiger partial charge in [-0.15, -0.1) is 0 Å². The Labute approximate surface area is 95.4 Å². The summed E-state index contributed by atoms with van der Waals surface area (Å²) >= 11 is 0. The SMILES string of the molecule is O=C(NS(=O)(=O)C(F)(F)F)C1CC2CCC1O2. The van der Waals surface area contributed by atoms with Crippen LogP contribution in [0.4, 0.5) is 13.2 Å². The Balaban J connectivity index is 2.03. The van der Waals surface area contributed by atoms with Gasteiger partial charge in [0.15, 0.2) is 0 Å². The second-order valence-electron chi connectivity index (χ2n) is 4.13. The highest BCUT2D eigenvalue weighted by molar-refractivity contribution is 7.90. The minimum atomic E-state index is -5.61. The van der Waals surface area contributed by atoms with E-state index in [9.17, 15) is 26.4 Å². The first kappa shape index (κ1) is 12.6. The molecule has 3 unspecified atom stereocenters. The molecule has 0 saturated carbocycles. The van der Waals surface area contributed by atoms with Crippen LogP contribution in [0.1, 0.15) is 19.3 Å². The van der Waals surface area contributed by atoms with Gasteiger partial charge >= 0.3 is 15.5 Å². The van der Waals surface area contributed by atoms with Crippen molar-refractivity contribution < 1.29 is 31.1 Å². The number of alkyl halides is 3. The number of carbonyl (C=O) groups is 1. The van der Waals surface area contributed by atoms with Crippen LogP contribution in [-0.2, 0) is 19.6 Å². The van der Waals surface area contributed by atoms with E-state index in [-0.39, 0.29) is 12.5 Å². The molecule has 9 heteroatoms. The van der Waals surface area contributed by atoms with Gasteiger partial charge in [0.1, 0.15) is 0 Å². The second-order valence-corrected chi connectivity index (χ2v) is 5.81. The standard InChI is InChI=1S/C8H10F3NO4S/c9-8(10,11)17(14,15)12-7(13)5-3-4-1-2-6(5)16-4/h4-6H,1-3H2,(H,12,13). The zero-order valence-electron chi connectivity index (χ0n) is 8.53. The number of amides is 1. The van der Waals surface area contributed by atoms with Crippen molar-refractivity contribution in [3.8, 4) is 0 Å². The van der Waals surface area contributed by atoms with Gasteiger partial charge in [-0.25, -0.2) is 4.72 Å². The number of hydrogen-bond donors (Lipinski definition) is 1. The molecule has 2 saturated heterocycles. The molecule has 2 fully saturated rings. The summed E-state index contributed by atoms with van der Waals surface area (Å²) in [5.74, 6) is -1.93. The smallest absolute Gasteiger partial charge is 0.374 e. The van der Waals surface area contributed by atoms with E-state index in [0.717, 1.165) is 11.1 Å².